The van der Waals surface area contributed by atoms with E-state index in [9.17, 15) is 13.2 Å². The van der Waals surface area contributed by atoms with Crippen molar-refractivity contribution < 1.29 is 17.9 Å². The van der Waals surface area contributed by atoms with Gasteiger partial charge in [-0.25, -0.2) is 0 Å². The van der Waals surface area contributed by atoms with Crippen LogP contribution in [0.4, 0.5) is 18.9 Å². The molecule has 1 saturated heterocycles. The molecule has 1 fully saturated rings. The molecule has 0 aromatic heterocycles. The monoisotopic (exact) mass is 265 g/mol. The molecule has 1 aliphatic heterocycles. The van der Waals surface area contributed by atoms with E-state index in [1.165, 1.54) is 6.07 Å². The Hall–Kier alpha value is -0.940. The van der Waals surface area contributed by atoms with E-state index in [4.69, 9.17) is 16.3 Å². The second-order valence-electron chi connectivity index (χ2n) is 3.90. The number of halogens is 4. The Morgan fingerprint density at radius 3 is 2.65 bits per heavy atom. The Labute approximate surface area is 102 Å². The molecule has 0 spiro atoms. The third-order valence-electron chi connectivity index (χ3n) is 2.59. The molecule has 0 aliphatic carbocycles. The van der Waals surface area contributed by atoms with Crippen molar-refractivity contribution in [2.75, 3.05) is 18.5 Å². The van der Waals surface area contributed by atoms with Crippen LogP contribution in [0.2, 0.25) is 5.02 Å². The van der Waals surface area contributed by atoms with Crippen LogP contribution in [0.5, 0.6) is 0 Å². The lowest BCUT2D eigenvalue weighted by molar-refractivity contribution is -0.137. The molecule has 1 atom stereocenters. The average Bonchev–Trinajstić information content (AvgIpc) is 2.72. The van der Waals surface area contributed by atoms with Crippen molar-refractivity contribution >= 4 is 17.3 Å². The molecule has 2 nitrogen and oxygen atoms in total. The van der Waals surface area contributed by atoms with E-state index in [-0.39, 0.29) is 11.1 Å². The molecule has 1 aliphatic rings. The summed E-state index contributed by atoms with van der Waals surface area (Å²) in [5.74, 6) is 0. The quantitative estimate of drug-likeness (QED) is 0.883. The maximum absolute atomic E-state index is 12.4. The minimum atomic E-state index is -4.36. The van der Waals surface area contributed by atoms with Crippen LogP contribution in [0.3, 0.4) is 0 Å². The molecule has 0 saturated carbocycles. The summed E-state index contributed by atoms with van der Waals surface area (Å²) in [6, 6.07) is 3.41. The van der Waals surface area contributed by atoms with Crippen molar-refractivity contribution in [2.45, 2.75) is 18.6 Å². The predicted molar refractivity (Wildman–Crippen MR) is 59.3 cm³/mol. The molecule has 1 unspecified atom stereocenters. The minimum absolute atomic E-state index is 0.0757. The fourth-order valence-corrected chi connectivity index (χ4v) is 1.91. The first-order valence-corrected chi connectivity index (χ1v) is 5.55. The lowest BCUT2D eigenvalue weighted by Gasteiger charge is -2.15. The summed E-state index contributed by atoms with van der Waals surface area (Å²) >= 11 is 5.81. The van der Waals surface area contributed by atoms with Gasteiger partial charge in [0, 0.05) is 6.61 Å². The first-order chi connectivity index (χ1) is 7.97. The fraction of sp³-hybridized carbons (Fsp3) is 0.455. The van der Waals surface area contributed by atoms with Crippen LogP contribution in [0.1, 0.15) is 12.0 Å². The number of benzene rings is 1. The Kier molecular flexibility index (Phi) is 3.49. The number of nitrogens with one attached hydrogen (secondary N) is 1. The number of ether oxygens (including phenoxy) is 1. The van der Waals surface area contributed by atoms with Gasteiger partial charge in [0.15, 0.2) is 0 Å². The number of hydrogen-bond donors (Lipinski definition) is 1. The van der Waals surface area contributed by atoms with Gasteiger partial charge in [-0.3, -0.25) is 0 Å². The van der Waals surface area contributed by atoms with Crippen LogP contribution < -0.4 is 5.32 Å². The lowest BCUT2D eigenvalue weighted by Crippen LogP contribution is -2.19. The zero-order chi connectivity index (χ0) is 12.5. The second-order valence-corrected chi connectivity index (χ2v) is 4.30. The van der Waals surface area contributed by atoms with Gasteiger partial charge in [0.25, 0.3) is 0 Å². The zero-order valence-corrected chi connectivity index (χ0v) is 9.61. The Bertz CT molecular complexity index is 402. The maximum atomic E-state index is 12.4. The lowest BCUT2D eigenvalue weighted by atomic mass is 10.1. The van der Waals surface area contributed by atoms with Crippen molar-refractivity contribution in [2.24, 2.45) is 0 Å². The minimum Gasteiger partial charge on any atom is -0.379 e. The van der Waals surface area contributed by atoms with E-state index in [1.807, 2.05) is 0 Å². The normalized spacial score (nSPS) is 20.6. The van der Waals surface area contributed by atoms with Gasteiger partial charge in [-0.1, -0.05) is 11.6 Å². The molecule has 1 N–H and O–H groups in total. The average molecular weight is 266 g/mol. The summed E-state index contributed by atoms with van der Waals surface area (Å²) in [5.41, 5.74) is -0.231. The number of rotatable bonds is 2. The van der Waals surface area contributed by atoms with Gasteiger partial charge in [-0.2, -0.15) is 13.2 Å². The highest BCUT2D eigenvalue weighted by Crippen LogP contribution is 2.34. The Morgan fingerprint density at radius 1 is 1.35 bits per heavy atom. The van der Waals surface area contributed by atoms with E-state index in [0.29, 0.717) is 18.9 Å². The number of anilines is 1. The van der Waals surface area contributed by atoms with Crippen LogP contribution in [0, 0.1) is 0 Å². The van der Waals surface area contributed by atoms with Crippen LogP contribution in [-0.2, 0) is 10.9 Å². The van der Waals surface area contributed by atoms with E-state index < -0.39 is 11.7 Å². The molecular formula is C11H11ClF3NO. The summed E-state index contributed by atoms with van der Waals surface area (Å²) in [7, 11) is 0. The molecular weight excluding hydrogens is 255 g/mol. The highest BCUT2D eigenvalue weighted by molar-refractivity contribution is 6.33. The molecule has 2 rings (SSSR count). The molecule has 0 radical (unpaired) electrons. The third-order valence-corrected chi connectivity index (χ3v) is 2.90. The highest BCUT2D eigenvalue weighted by atomic mass is 35.5. The molecule has 0 bridgehead atoms. The second kappa shape index (κ2) is 4.74. The topological polar surface area (TPSA) is 21.3 Å². The van der Waals surface area contributed by atoms with E-state index >= 15 is 0 Å². The van der Waals surface area contributed by atoms with E-state index in [0.717, 1.165) is 18.6 Å². The van der Waals surface area contributed by atoms with Crippen molar-refractivity contribution in [1.82, 2.24) is 0 Å². The molecule has 1 aromatic carbocycles. The zero-order valence-electron chi connectivity index (χ0n) is 8.85. The van der Waals surface area contributed by atoms with Gasteiger partial charge in [0.05, 0.1) is 28.9 Å². The molecule has 0 amide bonds. The summed E-state index contributed by atoms with van der Waals surface area (Å²) in [6.45, 7) is 1.22. The van der Waals surface area contributed by atoms with Crippen molar-refractivity contribution in [3.8, 4) is 0 Å². The van der Waals surface area contributed by atoms with Gasteiger partial charge in [0.2, 0.25) is 0 Å². The summed E-state index contributed by atoms with van der Waals surface area (Å²) in [6.07, 6.45) is -3.53. The number of hydrogen-bond acceptors (Lipinski definition) is 2. The Morgan fingerprint density at radius 2 is 2.12 bits per heavy atom. The van der Waals surface area contributed by atoms with Crippen molar-refractivity contribution in [3.63, 3.8) is 0 Å². The first kappa shape index (κ1) is 12.5. The summed E-state index contributed by atoms with van der Waals surface area (Å²) < 4.78 is 42.4. The molecule has 1 heterocycles. The van der Waals surface area contributed by atoms with Gasteiger partial charge in [0.1, 0.15) is 0 Å². The molecule has 17 heavy (non-hydrogen) atoms. The van der Waals surface area contributed by atoms with Crippen molar-refractivity contribution in [3.05, 3.63) is 28.8 Å². The molecule has 1 aromatic rings. The fourth-order valence-electron chi connectivity index (χ4n) is 1.68. The highest BCUT2D eigenvalue weighted by Gasteiger charge is 2.31. The van der Waals surface area contributed by atoms with Gasteiger partial charge < -0.3 is 10.1 Å². The standard InChI is InChI=1S/C11H11ClF3NO/c12-9-5-7(11(13,14)15)1-2-10(9)16-8-3-4-17-6-8/h1-2,5,8,16H,3-4,6H2. The van der Waals surface area contributed by atoms with E-state index in [1.54, 1.807) is 0 Å². The largest absolute Gasteiger partial charge is 0.416 e. The smallest absolute Gasteiger partial charge is 0.379 e. The van der Waals surface area contributed by atoms with E-state index in [2.05, 4.69) is 5.32 Å². The Balaban J connectivity index is 2.14. The molecule has 6 heteroatoms. The third kappa shape index (κ3) is 3.04. The molecule has 94 valence electrons. The summed E-state index contributed by atoms with van der Waals surface area (Å²) in [4.78, 5) is 0. The van der Waals surface area contributed by atoms with Gasteiger partial charge >= 0.3 is 6.18 Å². The van der Waals surface area contributed by atoms with Crippen LogP contribution in [0.25, 0.3) is 0 Å². The van der Waals surface area contributed by atoms with Crippen LogP contribution in [0.15, 0.2) is 18.2 Å². The van der Waals surface area contributed by atoms with Crippen LogP contribution in [-0.4, -0.2) is 19.3 Å². The predicted octanol–water partition coefficient (Wildman–Crippen LogP) is 3.56. The summed E-state index contributed by atoms with van der Waals surface area (Å²) in [5, 5.41) is 3.14. The van der Waals surface area contributed by atoms with Gasteiger partial charge in [-0.05, 0) is 24.6 Å². The van der Waals surface area contributed by atoms with Crippen molar-refractivity contribution in [1.29, 1.82) is 0 Å². The van der Waals surface area contributed by atoms with Gasteiger partial charge in [-0.15, -0.1) is 0 Å². The first-order valence-electron chi connectivity index (χ1n) is 5.18. The SMILES string of the molecule is FC(F)(F)c1ccc(NC2CCOC2)c(Cl)c1. The maximum Gasteiger partial charge on any atom is 0.416 e. The van der Waals surface area contributed by atoms with Crippen LogP contribution >= 0.6 is 11.6 Å². The number of alkyl halides is 3.